The van der Waals surface area contributed by atoms with E-state index >= 15 is 0 Å². The van der Waals surface area contributed by atoms with Crippen molar-refractivity contribution in [2.45, 2.75) is 24.4 Å². The largest absolute Gasteiger partial charge is 0.324 e. The average molecular weight is 369 g/mol. The van der Waals surface area contributed by atoms with Crippen molar-refractivity contribution >= 4 is 26.0 Å². The molecule has 0 aromatic heterocycles. The van der Waals surface area contributed by atoms with Crippen LogP contribution in [0.4, 0.5) is 0 Å². The molecule has 1 atom stereocenters. The Bertz CT molecular complexity index is 730. The molecule has 2 aromatic rings. The molecule has 0 bridgehead atoms. The van der Waals surface area contributed by atoms with E-state index in [1.807, 2.05) is 37.3 Å². The second-order valence-electron chi connectivity index (χ2n) is 4.78. The summed E-state index contributed by atoms with van der Waals surface area (Å²) < 4.78 is 28.1. The molecular weight excluding hydrogens is 352 g/mol. The Morgan fingerprint density at radius 2 is 1.90 bits per heavy atom. The quantitative estimate of drug-likeness (QED) is 0.851. The van der Waals surface area contributed by atoms with Gasteiger partial charge in [0.25, 0.3) is 0 Å². The number of nitrogens with two attached hydrogens (primary N) is 1. The van der Waals surface area contributed by atoms with E-state index in [0.717, 1.165) is 15.6 Å². The summed E-state index contributed by atoms with van der Waals surface area (Å²) in [6.07, 6.45) is 0. The summed E-state index contributed by atoms with van der Waals surface area (Å²) in [5.41, 5.74) is 7.46. The summed E-state index contributed by atoms with van der Waals surface area (Å²) >= 11 is 3.40. The first-order valence-electron chi connectivity index (χ1n) is 6.49. The van der Waals surface area contributed by atoms with Gasteiger partial charge in [-0.25, -0.2) is 13.1 Å². The summed E-state index contributed by atoms with van der Waals surface area (Å²) in [5.74, 6) is 0. The van der Waals surface area contributed by atoms with Crippen LogP contribution >= 0.6 is 15.9 Å². The van der Waals surface area contributed by atoms with Crippen LogP contribution in [-0.2, 0) is 16.6 Å². The summed E-state index contributed by atoms with van der Waals surface area (Å²) in [6, 6.07) is 14.0. The van der Waals surface area contributed by atoms with Gasteiger partial charge in [0.05, 0.1) is 4.90 Å². The lowest BCUT2D eigenvalue weighted by molar-refractivity contribution is 0.581. The summed E-state index contributed by atoms with van der Waals surface area (Å²) in [4.78, 5) is 0.226. The van der Waals surface area contributed by atoms with Gasteiger partial charge < -0.3 is 5.73 Å². The molecular formula is C15H17BrN2O2S. The summed E-state index contributed by atoms with van der Waals surface area (Å²) in [6.45, 7) is 2.05. The third-order valence-electron chi connectivity index (χ3n) is 3.10. The molecule has 0 heterocycles. The van der Waals surface area contributed by atoms with Crippen molar-refractivity contribution < 1.29 is 8.42 Å². The molecule has 0 amide bonds. The first-order chi connectivity index (χ1) is 9.90. The smallest absolute Gasteiger partial charge is 0.240 e. The van der Waals surface area contributed by atoms with Crippen molar-refractivity contribution in [2.75, 3.05) is 0 Å². The zero-order valence-corrected chi connectivity index (χ0v) is 14.0. The number of hydrogen-bond acceptors (Lipinski definition) is 3. The van der Waals surface area contributed by atoms with Crippen molar-refractivity contribution in [1.82, 2.24) is 4.72 Å². The molecule has 0 saturated carbocycles. The molecule has 0 spiro atoms. The minimum absolute atomic E-state index is 0.205. The van der Waals surface area contributed by atoms with Gasteiger partial charge >= 0.3 is 0 Å². The number of benzene rings is 2. The van der Waals surface area contributed by atoms with Crippen molar-refractivity contribution in [2.24, 2.45) is 5.73 Å². The number of hydrogen-bond donors (Lipinski definition) is 2. The third-order valence-corrected chi connectivity index (χ3v) is 5.28. The Hall–Kier alpha value is -1.21. The van der Waals surface area contributed by atoms with Gasteiger partial charge in [0.15, 0.2) is 0 Å². The van der Waals surface area contributed by atoms with Crippen LogP contribution in [-0.4, -0.2) is 8.42 Å². The topological polar surface area (TPSA) is 72.2 Å². The van der Waals surface area contributed by atoms with Crippen molar-refractivity contribution in [3.8, 4) is 0 Å². The Labute approximate surface area is 133 Å². The fraction of sp³-hybridized carbons (Fsp3) is 0.200. The number of sulfonamides is 1. The zero-order chi connectivity index (χ0) is 15.5. The van der Waals surface area contributed by atoms with E-state index in [0.29, 0.717) is 0 Å². The molecule has 0 radical (unpaired) electrons. The van der Waals surface area contributed by atoms with Crippen LogP contribution in [0.2, 0.25) is 0 Å². The van der Waals surface area contributed by atoms with E-state index in [-0.39, 0.29) is 17.5 Å². The predicted molar refractivity (Wildman–Crippen MR) is 87.2 cm³/mol. The molecule has 112 valence electrons. The SMILES string of the molecule is CC(N)c1cccc(S(=O)(=O)NCc2ccccc2Br)c1. The number of halogens is 1. The highest BCUT2D eigenvalue weighted by atomic mass is 79.9. The minimum atomic E-state index is -3.56. The second kappa shape index (κ2) is 6.70. The Morgan fingerprint density at radius 3 is 2.57 bits per heavy atom. The normalized spacial score (nSPS) is 13.1. The second-order valence-corrected chi connectivity index (χ2v) is 7.40. The molecule has 2 aromatic carbocycles. The highest BCUT2D eigenvalue weighted by Crippen LogP contribution is 2.18. The molecule has 3 N–H and O–H groups in total. The van der Waals surface area contributed by atoms with Crippen LogP contribution in [0.5, 0.6) is 0 Å². The van der Waals surface area contributed by atoms with Gasteiger partial charge in [-0.05, 0) is 36.2 Å². The van der Waals surface area contributed by atoms with Gasteiger partial charge in [-0.2, -0.15) is 0 Å². The molecule has 1 unspecified atom stereocenters. The van der Waals surface area contributed by atoms with E-state index in [9.17, 15) is 8.42 Å². The minimum Gasteiger partial charge on any atom is -0.324 e. The highest BCUT2D eigenvalue weighted by molar-refractivity contribution is 9.10. The summed E-state index contributed by atoms with van der Waals surface area (Å²) in [5, 5.41) is 0. The Kier molecular flexibility index (Phi) is 5.16. The molecule has 0 aliphatic rings. The van der Waals surface area contributed by atoms with Crippen molar-refractivity contribution in [1.29, 1.82) is 0 Å². The summed E-state index contributed by atoms with van der Waals surface area (Å²) in [7, 11) is -3.56. The fourth-order valence-electron chi connectivity index (χ4n) is 1.86. The molecule has 0 saturated heterocycles. The maximum absolute atomic E-state index is 12.3. The molecule has 0 aliphatic carbocycles. The lowest BCUT2D eigenvalue weighted by Crippen LogP contribution is -2.23. The van der Waals surface area contributed by atoms with Crippen molar-refractivity contribution in [3.05, 3.63) is 64.1 Å². The third kappa shape index (κ3) is 4.14. The highest BCUT2D eigenvalue weighted by Gasteiger charge is 2.15. The number of rotatable bonds is 5. The molecule has 0 aliphatic heterocycles. The van der Waals surface area contributed by atoms with Gasteiger partial charge in [0, 0.05) is 17.1 Å². The van der Waals surface area contributed by atoms with Crippen LogP contribution < -0.4 is 10.5 Å². The zero-order valence-electron chi connectivity index (χ0n) is 11.6. The molecule has 0 fully saturated rings. The van der Waals surface area contributed by atoms with Gasteiger partial charge in [0.1, 0.15) is 0 Å². The Balaban J connectivity index is 2.19. The predicted octanol–water partition coefficient (Wildman–Crippen LogP) is 2.95. The maximum Gasteiger partial charge on any atom is 0.240 e. The van der Waals surface area contributed by atoms with Crippen LogP contribution in [0.1, 0.15) is 24.1 Å². The lowest BCUT2D eigenvalue weighted by Gasteiger charge is -2.11. The van der Waals surface area contributed by atoms with Gasteiger partial charge in [-0.3, -0.25) is 0 Å². The lowest BCUT2D eigenvalue weighted by atomic mass is 10.1. The average Bonchev–Trinajstić information content (AvgIpc) is 2.46. The Morgan fingerprint density at radius 1 is 1.19 bits per heavy atom. The van der Waals surface area contributed by atoms with E-state index in [4.69, 9.17) is 5.73 Å². The van der Waals surface area contributed by atoms with Crippen LogP contribution in [0.3, 0.4) is 0 Å². The fourth-order valence-corrected chi connectivity index (χ4v) is 3.35. The first kappa shape index (κ1) is 16.2. The van der Waals surface area contributed by atoms with Crippen molar-refractivity contribution in [3.63, 3.8) is 0 Å². The van der Waals surface area contributed by atoms with Crippen LogP contribution in [0.15, 0.2) is 57.9 Å². The monoisotopic (exact) mass is 368 g/mol. The maximum atomic E-state index is 12.3. The molecule has 2 rings (SSSR count). The standard InChI is InChI=1S/C15H17BrN2O2S/c1-11(17)12-6-4-7-14(9-12)21(19,20)18-10-13-5-2-3-8-15(13)16/h2-9,11,18H,10,17H2,1H3. The van der Waals surface area contributed by atoms with Crippen LogP contribution in [0, 0.1) is 0 Å². The first-order valence-corrected chi connectivity index (χ1v) is 8.76. The van der Waals surface area contributed by atoms with E-state index in [1.165, 1.54) is 0 Å². The van der Waals surface area contributed by atoms with E-state index in [1.54, 1.807) is 18.2 Å². The van der Waals surface area contributed by atoms with Gasteiger partial charge in [0.2, 0.25) is 10.0 Å². The van der Waals surface area contributed by atoms with Gasteiger partial charge in [-0.15, -0.1) is 0 Å². The molecule has 4 nitrogen and oxygen atoms in total. The van der Waals surface area contributed by atoms with Gasteiger partial charge in [-0.1, -0.05) is 46.3 Å². The van der Waals surface area contributed by atoms with E-state index < -0.39 is 10.0 Å². The number of nitrogens with one attached hydrogen (secondary N) is 1. The van der Waals surface area contributed by atoms with Crippen LogP contribution in [0.25, 0.3) is 0 Å². The van der Waals surface area contributed by atoms with E-state index in [2.05, 4.69) is 20.7 Å². The molecule has 21 heavy (non-hydrogen) atoms. The molecule has 6 heteroatoms.